The number of nitrogens with one attached hydrogen (secondary N) is 1. The van der Waals surface area contributed by atoms with Gasteiger partial charge in [0.25, 0.3) is 0 Å². The Morgan fingerprint density at radius 2 is 2.33 bits per heavy atom. The van der Waals surface area contributed by atoms with Crippen LogP contribution in [-0.2, 0) is 11.3 Å². The molecule has 0 atom stereocenters. The van der Waals surface area contributed by atoms with E-state index < -0.39 is 5.82 Å². The van der Waals surface area contributed by atoms with E-state index in [1.807, 2.05) is 0 Å². The Morgan fingerprint density at radius 3 is 3.05 bits per heavy atom. The van der Waals surface area contributed by atoms with Crippen LogP contribution in [0.4, 0.5) is 10.1 Å². The molecule has 7 heteroatoms. The zero-order valence-corrected chi connectivity index (χ0v) is 11.2. The van der Waals surface area contributed by atoms with Crippen molar-refractivity contribution in [2.45, 2.75) is 13.0 Å². The molecule has 0 aliphatic rings. The first kappa shape index (κ1) is 14.7. The van der Waals surface area contributed by atoms with Crippen molar-refractivity contribution < 1.29 is 9.18 Å². The normalized spacial score (nSPS) is 9.81. The molecule has 3 N–H and O–H groups in total. The van der Waals surface area contributed by atoms with Gasteiger partial charge >= 0.3 is 0 Å². The Bertz CT molecular complexity index is 672. The minimum Gasteiger partial charge on any atom is -0.325 e. The summed E-state index contributed by atoms with van der Waals surface area (Å²) >= 11 is 0. The molecule has 1 amide bonds. The number of nitrogens with two attached hydrogens (primary N) is 1. The number of rotatable bonds is 4. The number of nitrogens with zero attached hydrogens (tertiary/aromatic N) is 3. The molecule has 6 nitrogen and oxygen atoms in total. The van der Waals surface area contributed by atoms with Gasteiger partial charge in [0.1, 0.15) is 18.5 Å². The molecule has 0 aliphatic heterocycles. The second-order valence-electron chi connectivity index (χ2n) is 4.15. The highest BCUT2D eigenvalue weighted by Crippen LogP contribution is 2.16. The van der Waals surface area contributed by atoms with Gasteiger partial charge < -0.3 is 11.1 Å². The zero-order valence-electron chi connectivity index (χ0n) is 11.2. The molecule has 108 valence electrons. The van der Waals surface area contributed by atoms with Gasteiger partial charge in [0.2, 0.25) is 5.91 Å². The van der Waals surface area contributed by atoms with Gasteiger partial charge in [-0.05, 0) is 18.2 Å². The summed E-state index contributed by atoms with van der Waals surface area (Å²) in [5.74, 6) is 4.73. The van der Waals surface area contributed by atoms with Gasteiger partial charge in [-0.25, -0.2) is 9.37 Å². The maximum absolute atomic E-state index is 13.2. The second-order valence-corrected chi connectivity index (χ2v) is 4.15. The molecule has 1 aromatic carbocycles. The largest absolute Gasteiger partial charge is 0.325 e. The molecule has 0 unspecified atom stereocenters. The van der Waals surface area contributed by atoms with E-state index in [0.29, 0.717) is 17.8 Å². The average molecular weight is 287 g/mol. The Labute approximate surface area is 121 Å². The number of carbonyl (C=O) groups is 1. The number of hydrogen-bond donors (Lipinski definition) is 2. The molecule has 0 saturated heterocycles. The maximum atomic E-state index is 13.2. The SMILES string of the molecule is NCC#Cc1cc(F)ccc1NC(=O)CCn1cncn1. The van der Waals surface area contributed by atoms with E-state index in [0.717, 1.165) is 0 Å². The Balaban J connectivity index is 2.02. The molecule has 0 saturated carbocycles. The molecule has 1 aromatic heterocycles. The molecule has 0 aliphatic carbocycles. The highest BCUT2D eigenvalue weighted by Gasteiger charge is 2.07. The van der Waals surface area contributed by atoms with Crippen LogP contribution in [0.15, 0.2) is 30.9 Å². The number of aromatic nitrogens is 3. The van der Waals surface area contributed by atoms with E-state index in [9.17, 15) is 9.18 Å². The molecular weight excluding hydrogens is 273 g/mol. The van der Waals surface area contributed by atoms with E-state index in [4.69, 9.17) is 5.73 Å². The Hall–Kier alpha value is -2.72. The van der Waals surface area contributed by atoms with Crippen molar-refractivity contribution >= 4 is 11.6 Å². The van der Waals surface area contributed by atoms with Crippen molar-refractivity contribution in [3.63, 3.8) is 0 Å². The van der Waals surface area contributed by atoms with Crippen LogP contribution < -0.4 is 11.1 Å². The van der Waals surface area contributed by atoms with Crippen molar-refractivity contribution in [1.29, 1.82) is 0 Å². The van der Waals surface area contributed by atoms with Crippen LogP contribution in [-0.4, -0.2) is 27.2 Å². The molecular formula is C14H14FN5O. The van der Waals surface area contributed by atoms with Crippen LogP contribution in [0.5, 0.6) is 0 Å². The fourth-order valence-electron chi connectivity index (χ4n) is 1.65. The van der Waals surface area contributed by atoms with E-state index in [1.54, 1.807) is 4.68 Å². The van der Waals surface area contributed by atoms with Crippen molar-refractivity contribution in [1.82, 2.24) is 14.8 Å². The highest BCUT2D eigenvalue weighted by atomic mass is 19.1. The molecule has 0 spiro atoms. The molecule has 2 aromatic rings. The topological polar surface area (TPSA) is 85.8 Å². The third-order valence-corrected chi connectivity index (χ3v) is 2.62. The summed E-state index contributed by atoms with van der Waals surface area (Å²) in [5.41, 5.74) is 6.15. The van der Waals surface area contributed by atoms with Crippen molar-refractivity contribution in [3.05, 3.63) is 42.2 Å². The summed E-state index contributed by atoms with van der Waals surface area (Å²) in [6, 6.07) is 4.00. The van der Waals surface area contributed by atoms with Crippen molar-refractivity contribution in [2.24, 2.45) is 5.73 Å². The molecule has 21 heavy (non-hydrogen) atoms. The van der Waals surface area contributed by atoms with Gasteiger partial charge in [0.15, 0.2) is 0 Å². The van der Waals surface area contributed by atoms with Gasteiger partial charge in [-0.15, -0.1) is 0 Å². The van der Waals surface area contributed by atoms with Gasteiger partial charge in [0.05, 0.1) is 24.3 Å². The number of amides is 1. The van der Waals surface area contributed by atoms with Crippen LogP contribution in [0, 0.1) is 17.7 Å². The summed E-state index contributed by atoms with van der Waals surface area (Å²) in [4.78, 5) is 15.7. The number of halogens is 1. The summed E-state index contributed by atoms with van der Waals surface area (Å²) < 4.78 is 14.8. The lowest BCUT2D eigenvalue weighted by Crippen LogP contribution is -2.15. The van der Waals surface area contributed by atoms with E-state index in [1.165, 1.54) is 30.9 Å². The predicted octanol–water partition coefficient (Wildman–Crippen LogP) is 0.756. The highest BCUT2D eigenvalue weighted by molar-refractivity contribution is 5.92. The number of hydrogen-bond acceptors (Lipinski definition) is 4. The van der Waals surface area contributed by atoms with Gasteiger partial charge in [0, 0.05) is 6.42 Å². The van der Waals surface area contributed by atoms with Crippen LogP contribution in [0.25, 0.3) is 0 Å². The van der Waals surface area contributed by atoms with Crippen molar-refractivity contribution in [3.8, 4) is 11.8 Å². The molecule has 0 radical (unpaired) electrons. The summed E-state index contributed by atoms with van der Waals surface area (Å²) in [6.07, 6.45) is 3.16. The van der Waals surface area contributed by atoms with Gasteiger partial charge in [-0.3, -0.25) is 9.48 Å². The molecule has 2 rings (SSSR count). The first-order valence-electron chi connectivity index (χ1n) is 6.30. The lowest BCUT2D eigenvalue weighted by Gasteiger charge is -2.07. The van der Waals surface area contributed by atoms with E-state index >= 15 is 0 Å². The van der Waals surface area contributed by atoms with Crippen LogP contribution in [0.3, 0.4) is 0 Å². The summed E-state index contributed by atoms with van der Waals surface area (Å²) in [5, 5.41) is 6.60. The minimum absolute atomic E-state index is 0.163. The number of anilines is 1. The van der Waals surface area contributed by atoms with E-state index in [-0.39, 0.29) is 18.9 Å². The lowest BCUT2D eigenvalue weighted by molar-refractivity contribution is -0.116. The fraction of sp³-hybridized carbons (Fsp3) is 0.214. The standard InChI is InChI=1S/C14H14FN5O/c15-12-3-4-13(11(8-12)2-1-6-16)19-14(21)5-7-20-10-17-9-18-20/h3-4,8-10H,5-7,16H2,(H,19,21). The van der Waals surface area contributed by atoms with Crippen LogP contribution in [0.2, 0.25) is 0 Å². The minimum atomic E-state index is -0.420. The first-order chi connectivity index (χ1) is 10.2. The van der Waals surface area contributed by atoms with Crippen molar-refractivity contribution in [2.75, 3.05) is 11.9 Å². The third kappa shape index (κ3) is 4.40. The van der Waals surface area contributed by atoms with Gasteiger partial charge in [-0.1, -0.05) is 11.8 Å². The number of benzene rings is 1. The second kappa shape index (κ2) is 7.17. The smallest absolute Gasteiger partial charge is 0.226 e. The molecule has 0 bridgehead atoms. The van der Waals surface area contributed by atoms with Crippen LogP contribution >= 0.6 is 0 Å². The molecule has 0 fully saturated rings. The van der Waals surface area contributed by atoms with Gasteiger partial charge in [-0.2, -0.15) is 5.10 Å². The summed E-state index contributed by atoms with van der Waals surface area (Å²) in [6.45, 7) is 0.576. The zero-order chi connectivity index (χ0) is 15.1. The lowest BCUT2D eigenvalue weighted by atomic mass is 10.1. The van der Waals surface area contributed by atoms with E-state index in [2.05, 4.69) is 27.2 Å². The first-order valence-corrected chi connectivity index (χ1v) is 6.30. The third-order valence-electron chi connectivity index (χ3n) is 2.62. The predicted molar refractivity (Wildman–Crippen MR) is 75.6 cm³/mol. The average Bonchev–Trinajstić information content (AvgIpc) is 2.98. The summed E-state index contributed by atoms with van der Waals surface area (Å²) in [7, 11) is 0. The monoisotopic (exact) mass is 287 g/mol. The quantitative estimate of drug-likeness (QED) is 0.813. The number of aryl methyl sites for hydroxylation is 1. The maximum Gasteiger partial charge on any atom is 0.226 e. The van der Waals surface area contributed by atoms with Crippen LogP contribution in [0.1, 0.15) is 12.0 Å². The fourth-order valence-corrected chi connectivity index (χ4v) is 1.65. The Kier molecular flexibility index (Phi) is 5.01. The molecule has 1 heterocycles. The number of carbonyl (C=O) groups excluding carboxylic acids is 1. The Morgan fingerprint density at radius 1 is 1.48 bits per heavy atom.